The first-order valence-electron chi connectivity index (χ1n) is 14.2. The zero-order chi connectivity index (χ0) is 31.1. The molecule has 2 atom stereocenters. The average molecular weight is 639 g/mol. The number of likely N-dealkylation sites (tertiary alicyclic amines) is 1. The third kappa shape index (κ3) is 5.27. The number of carbonyl (C=O) groups excluding carboxylic acids is 1. The van der Waals surface area contributed by atoms with Crippen molar-refractivity contribution in [3.63, 3.8) is 0 Å². The van der Waals surface area contributed by atoms with Gasteiger partial charge in [-0.25, -0.2) is 4.39 Å². The molecule has 10 nitrogen and oxygen atoms in total. The van der Waals surface area contributed by atoms with Crippen LogP contribution in [0.4, 0.5) is 15.9 Å². The van der Waals surface area contributed by atoms with Crippen molar-refractivity contribution in [2.75, 3.05) is 50.5 Å². The van der Waals surface area contributed by atoms with Crippen molar-refractivity contribution < 1.29 is 18.3 Å². The Morgan fingerprint density at radius 2 is 2.09 bits per heavy atom. The number of aromatic nitrogens is 2. The fourth-order valence-electron chi connectivity index (χ4n) is 6.17. The number of ether oxygens (including phenoxy) is 1. The van der Waals surface area contributed by atoms with E-state index in [9.17, 15) is 10.1 Å². The molecule has 1 amide bonds. The maximum absolute atomic E-state index is 15.6. The van der Waals surface area contributed by atoms with Crippen molar-refractivity contribution in [2.24, 2.45) is 0 Å². The number of nitriles is 1. The van der Waals surface area contributed by atoms with E-state index in [-0.39, 0.29) is 45.7 Å². The standard InChI is InChI=1S/C31H30Cl2FN7O3/c1-3-24(42)41-11-10-40(15-17(41)6-8-35)30-26-23(37-31(38-30)44-16-18-5-4-9-39(18)2)13-20(19-7-12-43-29(19)26)25-27(34)21(32)14-22(33)28(25)36/h3,7,12-14,17-18H,1,4-6,9-11,15-16,36H2,2H3/t17-,18-/m0/s1. The first kappa shape index (κ1) is 29.9. The Morgan fingerprint density at radius 1 is 1.27 bits per heavy atom. The van der Waals surface area contributed by atoms with E-state index in [1.54, 1.807) is 17.0 Å². The van der Waals surface area contributed by atoms with Crippen LogP contribution in [0.25, 0.3) is 33.0 Å². The molecule has 0 bridgehead atoms. The van der Waals surface area contributed by atoms with Crippen LogP contribution in [0.15, 0.2) is 41.5 Å². The minimum absolute atomic E-state index is 0.0350. The van der Waals surface area contributed by atoms with Gasteiger partial charge in [0, 0.05) is 42.2 Å². The molecule has 2 fully saturated rings. The number of likely N-dealkylation sites (N-methyl/N-ethyl adjacent to an activating group) is 1. The molecule has 44 heavy (non-hydrogen) atoms. The summed E-state index contributed by atoms with van der Waals surface area (Å²) in [6.07, 6.45) is 4.96. The Morgan fingerprint density at radius 3 is 2.82 bits per heavy atom. The van der Waals surface area contributed by atoms with Crippen LogP contribution in [0.3, 0.4) is 0 Å². The highest BCUT2D eigenvalue weighted by Crippen LogP contribution is 2.45. The lowest BCUT2D eigenvalue weighted by Crippen LogP contribution is -2.55. The zero-order valence-electron chi connectivity index (χ0n) is 24.0. The maximum Gasteiger partial charge on any atom is 0.319 e. The van der Waals surface area contributed by atoms with E-state index in [4.69, 9.17) is 48.1 Å². The molecule has 228 valence electrons. The van der Waals surface area contributed by atoms with E-state index in [0.29, 0.717) is 59.5 Å². The number of amides is 1. The highest BCUT2D eigenvalue weighted by Gasteiger charge is 2.33. The molecular weight excluding hydrogens is 608 g/mol. The highest BCUT2D eigenvalue weighted by atomic mass is 35.5. The van der Waals surface area contributed by atoms with E-state index in [1.807, 2.05) is 4.90 Å². The number of fused-ring (bicyclic) bond motifs is 3. The number of furan rings is 1. The second-order valence-electron chi connectivity index (χ2n) is 11.0. The molecule has 0 saturated carbocycles. The van der Waals surface area contributed by atoms with E-state index < -0.39 is 11.9 Å². The van der Waals surface area contributed by atoms with Crippen LogP contribution < -0.4 is 15.4 Å². The minimum Gasteiger partial charge on any atom is -0.463 e. The molecule has 4 aromatic rings. The molecule has 2 aliphatic heterocycles. The number of anilines is 2. The molecule has 2 aromatic carbocycles. The summed E-state index contributed by atoms with van der Waals surface area (Å²) in [5, 5.41) is 10.6. The molecule has 4 heterocycles. The number of carbonyl (C=O) groups is 1. The predicted octanol–water partition coefficient (Wildman–Crippen LogP) is 5.66. The van der Waals surface area contributed by atoms with E-state index in [1.165, 1.54) is 18.4 Å². The molecule has 2 saturated heterocycles. The lowest BCUT2D eigenvalue weighted by atomic mass is 9.97. The zero-order valence-corrected chi connectivity index (χ0v) is 25.5. The van der Waals surface area contributed by atoms with Crippen LogP contribution in [-0.4, -0.2) is 77.6 Å². The van der Waals surface area contributed by atoms with Crippen LogP contribution >= 0.6 is 23.2 Å². The van der Waals surface area contributed by atoms with E-state index in [2.05, 4.69) is 24.6 Å². The molecule has 2 N–H and O–H groups in total. The maximum atomic E-state index is 15.6. The number of halogens is 3. The second kappa shape index (κ2) is 12.1. The average Bonchev–Trinajstić information content (AvgIpc) is 3.67. The quantitative estimate of drug-likeness (QED) is 0.155. The van der Waals surface area contributed by atoms with Gasteiger partial charge < -0.3 is 29.6 Å². The van der Waals surface area contributed by atoms with Gasteiger partial charge in [-0.15, -0.1) is 0 Å². The van der Waals surface area contributed by atoms with Gasteiger partial charge in [-0.2, -0.15) is 15.2 Å². The van der Waals surface area contributed by atoms with Gasteiger partial charge in [-0.05, 0) is 50.7 Å². The monoisotopic (exact) mass is 637 g/mol. The van der Waals surface area contributed by atoms with Gasteiger partial charge in [0.1, 0.15) is 18.0 Å². The van der Waals surface area contributed by atoms with Crippen molar-refractivity contribution in [3.05, 3.63) is 53.0 Å². The van der Waals surface area contributed by atoms with Gasteiger partial charge >= 0.3 is 6.01 Å². The van der Waals surface area contributed by atoms with Crippen LogP contribution in [0.2, 0.25) is 10.0 Å². The summed E-state index contributed by atoms with van der Waals surface area (Å²) in [5.74, 6) is -0.435. The molecule has 0 aliphatic carbocycles. The van der Waals surface area contributed by atoms with Crippen molar-refractivity contribution in [2.45, 2.75) is 31.3 Å². The van der Waals surface area contributed by atoms with Crippen molar-refractivity contribution in [1.29, 1.82) is 5.26 Å². The number of nitrogens with two attached hydrogens (primary N) is 1. The topological polar surface area (TPSA) is 125 Å². The van der Waals surface area contributed by atoms with Gasteiger partial charge in [0.15, 0.2) is 5.82 Å². The van der Waals surface area contributed by atoms with E-state index >= 15 is 4.39 Å². The number of hydrogen-bond donors (Lipinski definition) is 1. The van der Waals surface area contributed by atoms with Crippen molar-refractivity contribution >= 4 is 62.5 Å². The smallest absolute Gasteiger partial charge is 0.319 e. The lowest BCUT2D eigenvalue weighted by molar-refractivity contribution is -0.128. The Kier molecular flexibility index (Phi) is 8.24. The number of benzene rings is 2. The van der Waals surface area contributed by atoms with Crippen LogP contribution in [-0.2, 0) is 4.79 Å². The molecular formula is C31H30Cl2FN7O3. The van der Waals surface area contributed by atoms with Crippen molar-refractivity contribution in [3.8, 4) is 23.2 Å². The van der Waals surface area contributed by atoms with Crippen LogP contribution in [0, 0.1) is 17.1 Å². The van der Waals surface area contributed by atoms with Gasteiger partial charge in [-0.1, -0.05) is 29.8 Å². The summed E-state index contributed by atoms with van der Waals surface area (Å²) >= 11 is 12.5. The number of nitrogens with zero attached hydrogens (tertiary/aromatic N) is 6. The second-order valence-corrected chi connectivity index (χ2v) is 11.9. The fraction of sp³-hybridized carbons (Fsp3) is 0.355. The summed E-state index contributed by atoms with van der Waals surface area (Å²) < 4.78 is 27.7. The van der Waals surface area contributed by atoms with Crippen molar-refractivity contribution in [1.82, 2.24) is 19.8 Å². The predicted molar refractivity (Wildman–Crippen MR) is 168 cm³/mol. The molecule has 0 radical (unpaired) electrons. The highest BCUT2D eigenvalue weighted by molar-refractivity contribution is 6.37. The summed E-state index contributed by atoms with van der Waals surface area (Å²) in [7, 11) is 2.06. The van der Waals surface area contributed by atoms with Gasteiger partial charge in [0.2, 0.25) is 5.91 Å². The molecule has 0 spiro atoms. The lowest BCUT2D eigenvalue weighted by Gasteiger charge is -2.41. The minimum atomic E-state index is -0.715. The fourth-order valence-corrected chi connectivity index (χ4v) is 6.63. The Labute approximate surface area is 263 Å². The number of rotatable bonds is 7. The number of nitrogen functional groups attached to an aromatic ring is 1. The third-order valence-corrected chi connectivity index (χ3v) is 9.07. The summed E-state index contributed by atoms with van der Waals surface area (Å²) in [6.45, 7) is 6.10. The first-order valence-corrected chi connectivity index (χ1v) is 15.0. The molecule has 6 rings (SSSR count). The number of piperazine rings is 1. The summed E-state index contributed by atoms with van der Waals surface area (Å²) in [5.41, 5.74) is 7.60. The third-order valence-electron chi connectivity index (χ3n) is 8.48. The Bertz CT molecular complexity index is 1800. The van der Waals surface area contributed by atoms with Gasteiger partial charge in [0.25, 0.3) is 0 Å². The number of hydrogen-bond acceptors (Lipinski definition) is 9. The SMILES string of the molecule is C=CC(=O)N1CCN(c2nc(OC[C@@H]3CCCN3C)nc3cc(-c4c(N)c(Cl)cc(Cl)c4F)c4ccoc4c23)C[C@@H]1CC#N. The normalized spacial score (nSPS) is 19.1. The van der Waals surface area contributed by atoms with Gasteiger partial charge in [-0.3, -0.25) is 4.79 Å². The largest absolute Gasteiger partial charge is 0.463 e. The summed E-state index contributed by atoms with van der Waals surface area (Å²) in [4.78, 5) is 28.1. The molecule has 13 heteroatoms. The van der Waals surface area contributed by atoms with Gasteiger partial charge in [0.05, 0.1) is 51.4 Å². The first-order chi connectivity index (χ1) is 21.2. The Balaban J connectivity index is 1.53. The molecule has 2 aromatic heterocycles. The van der Waals surface area contributed by atoms with Crippen LogP contribution in [0.5, 0.6) is 6.01 Å². The van der Waals surface area contributed by atoms with E-state index in [0.717, 1.165) is 19.4 Å². The Hall–Kier alpha value is -4.11. The molecule has 0 unspecified atom stereocenters. The molecule has 2 aliphatic rings. The summed E-state index contributed by atoms with van der Waals surface area (Å²) in [6, 6.07) is 6.84. The van der Waals surface area contributed by atoms with Crippen LogP contribution in [0.1, 0.15) is 19.3 Å².